The van der Waals surface area contributed by atoms with Crippen molar-refractivity contribution in [3.63, 3.8) is 0 Å². The van der Waals surface area contributed by atoms with E-state index >= 15 is 0 Å². The summed E-state index contributed by atoms with van der Waals surface area (Å²) in [6.07, 6.45) is 0. The zero-order valence-corrected chi connectivity index (χ0v) is 7.92. The van der Waals surface area contributed by atoms with E-state index in [4.69, 9.17) is 38.5 Å². The molecule has 67 valence electrons. The van der Waals surface area contributed by atoms with Gasteiger partial charge in [0.05, 0.1) is 0 Å². The maximum atomic E-state index is 8.55. The summed E-state index contributed by atoms with van der Waals surface area (Å²) in [6.45, 7) is 0. The van der Waals surface area contributed by atoms with Gasteiger partial charge in [-0.25, -0.2) is 0 Å². The Balaban J connectivity index is -0.000000107. The second-order valence-electron chi connectivity index (χ2n) is 0.894. The fourth-order valence-corrected chi connectivity index (χ4v) is 0. The first kappa shape index (κ1) is 17.8. The Morgan fingerprint density at radius 1 is 0.636 bits per heavy atom. The molecule has 0 aliphatic heterocycles. The molecule has 0 fully saturated rings. The minimum atomic E-state index is -5.39. The Kier molecular flexibility index (Phi) is 10.3. The maximum Gasteiger partial charge on any atom is 6.00 e. The van der Waals surface area contributed by atoms with Gasteiger partial charge in [0.1, 0.15) is 0 Å². The van der Waals surface area contributed by atoms with Crippen LogP contribution in [-0.2, 0) is 28.6 Å². The second kappa shape index (κ2) is 6.37. The number of rotatable bonds is 0. The monoisotopic (exact) mass is 293 g/mol. The Labute approximate surface area is 74.1 Å². The first-order valence-electron chi connectivity index (χ1n) is 1.46. The van der Waals surface area contributed by atoms with Crippen LogP contribution in [0.25, 0.3) is 0 Å². The molecule has 8 nitrogen and oxygen atoms in total. The van der Waals surface area contributed by atoms with Crippen LogP contribution in [0.2, 0.25) is 0 Å². The van der Waals surface area contributed by atoms with Crippen LogP contribution in [-0.4, -0.2) is 0 Å². The fraction of sp³-hybridized carbons (Fsp3) is 0. The van der Waals surface area contributed by atoms with Gasteiger partial charge in [-0.1, -0.05) is 0 Å². The summed E-state index contributed by atoms with van der Waals surface area (Å²) < 4.78 is 17.1. The number of phosphoric acid groups is 2. The van der Waals surface area contributed by atoms with Gasteiger partial charge < -0.3 is 38.5 Å². The molecule has 0 amide bonds. The van der Waals surface area contributed by atoms with E-state index in [1.807, 2.05) is 0 Å². The molecule has 0 bridgehead atoms. The molecule has 0 saturated heterocycles. The SMILES string of the molecule is O=P([O-])([O-])[O-].O=P([O-])([O-])[O-].[Rh+6]. The van der Waals surface area contributed by atoms with Crippen molar-refractivity contribution in [1.82, 2.24) is 0 Å². The third kappa shape index (κ3) is 1190. The van der Waals surface area contributed by atoms with Crippen LogP contribution >= 0.6 is 15.6 Å². The summed E-state index contributed by atoms with van der Waals surface area (Å²) in [6, 6.07) is 0. The molecule has 0 heterocycles. The molecule has 0 spiro atoms. The molecular weight excluding hydrogens is 293 g/mol. The minimum Gasteiger partial charge on any atom is -0.822 e. The first-order chi connectivity index (χ1) is 4.00. The molecule has 0 atom stereocenters. The number of hydrogen-bond acceptors (Lipinski definition) is 8. The zero-order valence-electron chi connectivity index (χ0n) is 4.49. The Hall–Kier alpha value is 0.843. The van der Waals surface area contributed by atoms with Crippen molar-refractivity contribution in [2.45, 2.75) is 0 Å². The minimum absolute atomic E-state index is 0. The van der Waals surface area contributed by atoms with Gasteiger partial charge in [-0.15, -0.1) is 0 Å². The van der Waals surface area contributed by atoms with Crippen molar-refractivity contribution in [3.05, 3.63) is 0 Å². The van der Waals surface area contributed by atoms with E-state index in [0.29, 0.717) is 0 Å². The van der Waals surface area contributed by atoms with Gasteiger partial charge in [-0.05, 0) is 0 Å². The molecule has 0 N–H and O–H groups in total. The van der Waals surface area contributed by atoms with Gasteiger partial charge in [0.15, 0.2) is 0 Å². The summed E-state index contributed by atoms with van der Waals surface area (Å²) in [5, 5.41) is 0. The molecule has 0 saturated carbocycles. The fourth-order valence-electron chi connectivity index (χ4n) is 0. The smallest absolute Gasteiger partial charge is 0.822 e. The van der Waals surface area contributed by atoms with Gasteiger partial charge in [0.25, 0.3) is 0 Å². The largest absolute Gasteiger partial charge is 6.00 e. The van der Waals surface area contributed by atoms with Crippen LogP contribution in [0.1, 0.15) is 0 Å². The van der Waals surface area contributed by atoms with Crippen LogP contribution in [0.3, 0.4) is 0 Å². The van der Waals surface area contributed by atoms with E-state index in [-0.39, 0.29) is 19.5 Å². The van der Waals surface area contributed by atoms with Crippen molar-refractivity contribution in [3.8, 4) is 0 Å². The van der Waals surface area contributed by atoms with Gasteiger partial charge in [-0.3, -0.25) is 0 Å². The van der Waals surface area contributed by atoms with E-state index < -0.39 is 15.6 Å². The summed E-state index contributed by atoms with van der Waals surface area (Å²) >= 11 is 0. The van der Waals surface area contributed by atoms with Crippen LogP contribution in [0.15, 0.2) is 0 Å². The Morgan fingerprint density at radius 2 is 0.636 bits per heavy atom. The standard InChI is InChI=1S/2H3O4P.Rh/c2*1-5(2,3)4;/h2*(H3,1,2,3,4);/q;;+6/p-6. The Morgan fingerprint density at radius 3 is 0.636 bits per heavy atom. The summed E-state index contributed by atoms with van der Waals surface area (Å²) in [5.74, 6) is 0. The van der Waals surface area contributed by atoms with Gasteiger partial charge >= 0.3 is 19.5 Å². The van der Waals surface area contributed by atoms with Gasteiger partial charge in [-0.2, -0.15) is 15.6 Å². The van der Waals surface area contributed by atoms with E-state index in [0.717, 1.165) is 0 Å². The summed E-state index contributed by atoms with van der Waals surface area (Å²) in [4.78, 5) is 51.3. The topological polar surface area (TPSA) is 172 Å². The predicted octanol–water partition coefficient (Wildman–Crippen LogP) is -5.65. The summed E-state index contributed by atoms with van der Waals surface area (Å²) in [5.41, 5.74) is 0. The van der Waals surface area contributed by atoms with E-state index in [1.54, 1.807) is 0 Å². The molecule has 0 aliphatic rings. The van der Waals surface area contributed by atoms with Gasteiger partial charge in [0.2, 0.25) is 0 Å². The molecule has 0 aromatic carbocycles. The third-order valence-electron chi connectivity index (χ3n) is 0. The summed E-state index contributed by atoms with van der Waals surface area (Å²) in [7, 11) is -10.8. The van der Waals surface area contributed by atoms with Gasteiger partial charge in [0, 0.05) is 0 Å². The molecule has 11 heteroatoms. The first-order valence-corrected chi connectivity index (χ1v) is 4.38. The third-order valence-corrected chi connectivity index (χ3v) is 0. The molecule has 0 aromatic rings. The molecule has 0 unspecified atom stereocenters. The zero-order chi connectivity index (χ0) is 9.00. The average Bonchev–Trinajstić information content (AvgIpc) is 1.12. The molecule has 0 aromatic heterocycles. The van der Waals surface area contributed by atoms with Crippen molar-refractivity contribution < 1.29 is 58.0 Å². The molecule has 1 radical (unpaired) electrons. The molecule has 0 rings (SSSR count). The molecule has 0 aliphatic carbocycles. The molecule has 11 heavy (non-hydrogen) atoms. The van der Waals surface area contributed by atoms with E-state index in [2.05, 4.69) is 0 Å². The van der Waals surface area contributed by atoms with Crippen LogP contribution in [0, 0.1) is 0 Å². The average molecular weight is 293 g/mol. The quantitative estimate of drug-likeness (QED) is 0.314. The van der Waals surface area contributed by atoms with Crippen molar-refractivity contribution >= 4 is 15.6 Å². The number of hydrogen-bond donors (Lipinski definition) is 0. The normalized spacial score (nSPS) is 10.7. The van der Waals surface area contributed by atoms with E-state index in [9.17, 15) is 0 Å². The van der Waals surface area contributed by atoms with Crippen molar-refractivity contribution in [2.24, 2.45) is 0 Å². The van der Waals surface area contributed by atoms with Crippen LogP contribution in [0.5, 0.6) is 0 Å². The second-order valence-corrected chi connectivity index (χ2v) is 2.68. The molecular formula is O8P2Rh. The maximum absolute atomic E-state index is 8.55. The Bertz CT molecular complexity index is 124. The van der Waals surface area contributed by atoms with Crippen LogP contribution < -0.4 is 29.4 Å². The van der Waals surface area contributed by atoms with E-state index in [1.165, 1.54) is 0 Å². The van der Waals surface area contributed by atoms with Crippen LogP contribution in [0.4, 0.5) is 0 Å². The predicted molar refractivity (Wildman–Crippen MR) is 15.2 cm³/mol. The van der Waals surface area contributed by atoms with Crippen molar-refractivity contribution in [1.29, 1.82) is 0 Å². The van der Waals surface area contributed by atoms with Crippen molar-refractivity contribution in [2.75, 3.05) is 0 Å².